The lowest BCUT2D eigenvalue weighted by Gasteiger charge is -2.32. The summed E-state index contributed by atoms with van der Waals surface area (Å²) in [5.41, 5.74) is -3.15. The zero-order valence-electron chi connectivity index (χ0n) is 18.6. The van der Waals surface area contributed by atoms with E-state index in [1.807, 2.05) is 0 Å². The molecule has 0 aliphatic carbocycles. The summed E-state index contributed by atoms with van der Waals surface area (Å²) in [7, 11) is 1.35. The molecule has 1 aliphatic heterocycles. The molecule has 0 radical (unpaired) electrons. The molecule has 1 aromatic carbocycles. The molecule has 7 nitrogen and oxygen atoms in total. The van der Waals surface area contributed by atoms with Crippen molar-refractivity contribution in [3.63, 3.8) is 0 Å². The molecule has 1 fully saturated rings. The average Bonchev–Trinajstić information content (AvgIpc) is 3.05. The first kappa shape index (κ1) is 26.3. The van der Waals surface area contributed by atoms with Crippen LogP contribution in [0.2, 0.25) is 0 Å². The quantitative estimate of drug-likeness (QED) is 0.573. The van der Waals surface area contributed by atoms with Gasteiger partial charge in [0.05, 0.1) is 0 Å². The number of carbonyl (C=O) groups is 2. The van der Waals surface area contributed by atoms with E-state index >= 15 is 0 Å². The number of hydrogen-bond acceptors (Lipinski definition) is 5. The number of hydrogen-bond donors (Lipinski definition) is 2. The van der Waals surface area contributed by atoms with Gasteiger partial charge in [0.15, 0.2) is 5.60 Å². The van der Waals surface area contributed by atoms with Crippen molar-refractivity contribution in [2.45, 2.75) is 44.3 Å². The highest BCUT2D eigenvalue weighted by Gasteiger charge is 2.65. The maximum atomic E-state index is 14.0. The molecule has 2 heterocycles. The minimum absolute atomic E-state index is 0.0300. The number of nitrogens with zero attached hydrogens (tertiary/aromatic N) is 1. The highest BCUT2D eigenvalue weighted by atomic mass is 19.4. The van der Waals surface area contributed by atoms with Gasteiger partial charge in [-0.25, -0.2) is 4.39 Å². The van der Waals surface area contributed by atoms with Gasteiger partial charge in [0.25, 0.3) is 11.8 Å². The van der Waals surface area contributed by atoms with Crippen LogP contribution in [-0.4, -0.2) is 48.3 Å². The van der Waals surface area contributed by atoms with Crippen molar-refractivity contribution in [2.75, 3.05) is 12.4 Å². The number of halogens is 6. The van der Waals surface area contributed by atoms with Crippen LogP contribution in [0.25, 0.3) is 0 Å². The zero-order chi connectivity index (χ0) is 26.1. The van der Waals surface area contributed by atoms with Gasteiger partial charge in [0, 0.05) is 42.4 Å². The van der Waals surface area contributed by atoms with Crippen molar-refractivity contribution < 1.29 is 45.4 Å². The minimum atomic E-state index is -4.94. The molecule has 1 aliphatic rings. The average molecular weight is 505 g/mol. The smallest absolute Gasteiger partial charge is 0.417 e. The fourth-order valence-corrected chi connectivity index (χ4v) is 3.98. The molecule has 13 heteroatoms. The highest BCUT2D eigenvalue weighted by Crippen LogP contribution is 2.54. The normalized spacial score (nSPS) is 24.3. The Balaban J connectivity index is 2.04. The van der Waals surface area contributed by atoms with Gasteiger partial charge in [0.2, 0.25) is 0 Å². The van der Waals surface area contributed by atoms with Crippen LogP contribution in [0.15, 0.2) is 36.5 Å². The Kier molecular flexibility index (Phi) is 7.29. The Labute approximate surface area is 195 Å². The van der Waals surface area contributed by atoms with Crippen molar-refractivity contribution in [1.82, 2.24) is 10.3 Å². The predicted molar refractivity (Wildman–Crippen MR) is 111 cm³/mol. The number of amides is 2. The van der Waals surface area contributed by atoms with Gasteiger partial charge in [-0.1, -0.05) is 13.0 Å². The van der Waals surface area contributed by atoms with Gasteiger partial charge in [-0.15, -0.1) is 0 Å². The number of aromatic nitrogens is 1. The van der Waals surface area contributed by atoms with Crippen LogP contribution in [0, 0.1) is 11.7 Å². The number of pyridine rings is 1. The van der Waals surface area contributed by atoms with Crippen molar-refractivity contribution in [3.8, 4) is 5.75 Å². The molecule has 3 rings (SSSR count). The number of rotatable bonds is 6. The summed E-state index contributed by atoms with van der Waals surface area (Å²) in [4.78, 5) is 28.7. The second kappa shape index (κ2) is 9.72. The Morgan fingerprint density at radius 3 is 2.49 bits per heavy atom. The minimum Gasteiger partial charge on any atom is -0.434 e. The van der Waals surface area contributed by atoms with Crippen molar-refractivity contribution in [2.24, 2.45) is 5.92 Å². The van der Waals surface area contributed by atoms with E-state index in [1.54, 1.807) is 0 Å². The Bertz CT molecular complexity index is 1110. The van der Waals surface area contributed by atoms with Gasteiger partial charge < -0.3 is 20.1 Å². The second-order valence-corrected chi connectivity index (χ2v) is 8.02. The Morgan fingerprint density at radius 1 is 1.20 bits per heavy atom. The summed E-state index contributed by atoms with van der Waals surface area (Å²) in [5.74, 6) is -6.21. The molecular formula is C22H21F6N3O4. The van der Waals surface area contributed by atoms with Gasteiger partial charge in [-0.05, 0) is 25.1 Å². The van der Waals surface area contributed by atoms with Crippen LogP contribution in [0.4, 0.5) is 32.0 Å². The molecular weight excluding hydrogens is 484 g/mol. The molecule has 1 saturated heterocycles. The van der Waals surface area contributed by atoms with Crippen molar-refractivity contribution in [1.29, 1.82) is 0 Å². The van der Waals surface area contributed by atoms with Crippen LogP contribution in [0.3, 0.4) is 0 Å². The molecule has 0 bridgehead atoms. The standard InChI is InChI=1S/C22H21F6N3O4/c1-10-16(13-5-4-11(23)8-15(13)34-20(24)25)17(35-21(10,2)22(26,27)28)19(33)31-12-6-7-30-14(9-12)18(32)29-3/h4-10,16-17,20H,1-3H3,(H,29,32)(H,30,31,33)/t10-,16+,17-,21+/m1/s1. The third-order valence-electron chi connectivity index (χ3n) is 5.96. The monoisotopic (exact) mass is 505 g/mol. The van der Waals surface area contributed by atoms with E-state index in [9.17, 15) is 35.9 Å². The largest absolute Gasteiger partial charge is 0.434 e. The lowest BCUT2D eigenvalue weighted by Crippen LogP contribution is -2.47. The second-order valence-electron chi connectivity index (χ2n) is 8.02. The van der Waals surface area contributed by atoms with Crippen molar-refractivity contribution >= 4 is 17.5 Å². The molecule has 0 saturated carbocycles. The van der Waals surface area contributed by atoms with Crippen LogP contribution >= 0.6 is 0 Å². The van der Waals surface area contributed by atoms with Crippen LogP contribution < -0.4 is 15.4 Å². The predicted octanol–water partition coefficient (Wildman–Crippen LogP) is 4.26. The van der Waals surface area contributed by atoms with Gasteiger partial charge >= 0.3 is 12.8 Å². The third-order valence-corrected chi connectivity index (χ3v) is 5.96. The molecule has 2 amide bonds. The summed E-state index contributed by atoms with van der Waals surface area (Å²) in [5, 5.41) is 4.71. The SMILES string of the molecule is CNC(=O)c1cc(NC(=O)[C@@H]2O[C@](C)(C(F)(F)F)[C@H](C)[C@H]2c2ccc(F)cc2OC(F)F)ccn1. The van der Waals surface area contributed by atoms with E-state index in [4.69, 9.17) is 4.74 Å². The maximum absolute atomic E-state index is 14.0. The van der Waals surface area contributed by atoms with E-state index in [1.165, 1.54) is 25.4 Å². The molecule has 35 heavy (non-hydrogen) atoms. The molecule has 0 unspecified atom stereocenters. The Morgan fingerprint density at radius 2 is 1.89 bits per heavy atom. The fourth-order valence-electron chi connectivity index (χ4n) is 3.98. The number of alkyl halides is 5. The van der Waals surface area contributed by atoms with Gasteiger partial charge in [0.1, 0.15) is 23.4 Å². The van der Waals surface area contributed by atoms with Gasteiger partial charge in [-0.2, -0.15) is 22.0 Å². The van der Waals surface area contributed by atoms with Gasteiger partial charge in [-0.3, -0.25) is 14.6 Å². The molecule has 190 valence electrons. The number of anilines is 1. The van der Waals surface area contributed by atoms with E-state index in [-0.39, 0.29) is 16.9 Å². The van der Waals surface area contributed by atoms with Crippen LogP contribution in [0.1, 0.15) is 35.8 Å². The first-order valence-electron chi connectivity index (χ1n) is 10.3. The maximum Gasteiger partial charge on any atom is 0.417 e. The fraction of sp³-hybridized carbons (Fsp3) is 0.409. The number of carbonyl (C=O) groups excluding carboxylic acids is 2. The highest BCUT2D eigenvalue weighted by molar-refractivity contribution is 5.97. The van der Waals surface area contributed by atoms with E-state index in [2.05, 4.69) is 20.4 Å². The molecule has 1 aromatic heterocycles. The molecule has 4 atom stereocenters. The number of benzene rings is 1. The van der Waals surface area contributed by atoms with E-state index in [0.717, 1.165) is 26.0 Å². The Hall–Kier alpha value is -3.35. The molecule has 2 N–H and O–H groups in total. The van der Waals surface area contributed by atoms with Crippen LogP contribution in [0.5, 0.6) is 5.75 Å². The molecule has 0 spiro atoms. The zero-order valence-corrected chi connectivity index (χ0v) is 18.6. The summed E-state index contributed by atoms with van der Waals surface area (Å²) in [6.07, 6.45) is -5.57. The lowest BCUT2D eigenvalue weighted by molar-refractivity contribution is -0.272. The first-order valence-corrected chi connectivity index (χ1v) is 10.3. The van der Waals surface area contributed by atoms with Crippen molar-refractivity contribution in [3.05, 3.63) is 53.6 Å². The lowest BCUT2D eigenvalue weighted by atomic mass is 9.77. The first-order chi connectivity index (χ1) is 16.3. The summed E-state index contributed by atoms with van der Waals surface area (Å²) >= 11 is 0. The summed E-state index contributed by atoms with van der Waals surface area (Å²) in [6.45, 7) is -1.50. The summed E-state index contributed by atoms with van der Waals surface area (Å²) in [6, 6.07) is 4.93. The molecule has 2 aromatic rings. The third kappa shape index (κ3) is 5.19. The topological polar surface area (TPSA) is 89.6 Å². The van der Waals surface area contributed by atoms with Crippen LogP contribution in [-0.2, 0) is 9.53 Å². The number of ether oxygens (including phenoxy) is 2. The summed E-state index contributed by atoms with van der Waals surface area (Å²) < 4.78 is 91.2. The number of nitrogens with one attached hydrogen (secondary N) is 2. The van der Waals surface area contributed by atoms with E-state index in [0.29, 0.717) is 6.07 Å². The van der Waals surface area contributed by atoms with E-state index < -0.39 is 59.7 Å².